The third kappa shape index (κ3) is 4.86. The van der Waals surface area contributed by atoms with Crippen LogP contribution in [0.1, 0.15) is 52.7 Å². The van der Waals surface area contributed by atoms with E-state index in [2.05, 4.69) is 154 Å². The Morgan fingerprint density at radius 3 is 2.16 bits per heavy atom. The van der Waals surface area contributed by atoms with Crippen molar-refractivity contribution in [2.75, 3.05) is 23.5 Å². The molecule has 0 bridgehead atoms. The molecule has 3 heterocycles. The second kappa shape index (κ2) is 10.2. The molecule has 6 aromatic rings. The van der Waals surface area contributed by atoms with Crippen molar-refractivity contribution in [3.05, 3.63) is 114 Å². The zero-order chi connectivity index (χ0) is 30.8. The molecule has 1 aliphatic rings. The Morgan fingerprint density at radius 2 is 1.36 bits per heavy atom. The molecule has 222 valence electrons. The molecule has 0 N–H and O–H groups in total. The number of para-hydroxylation sites is 1. The number of nitrogens with zero attached hydrogens (tertiary/aromatic N) is 4. The minimum Gasteiger partial charge on any atom is -0.457 e. The van der Waals surface area contributed by atoms with Gasteiger partial charge in [0, 0.05) is 41.8 Å². The maximum atomic E-state index is 6.56. The molecule has 5 nitrogen and oxygen atoms in total. The van der Waals surface area contributed by atoms with Crippen LogP contribution in [0.2, 0.25) is 0 Å². The van der Waals surface area contributed by atoms with Crippen molar-refractivity contribution in [1.29, 1.82) is 0 Å². The maximum absolute atomic E-state index is 6.56. The van der Waals surface area contributed by atoms with Gasteiger partial charge in [0.2, 0.25) is 0 Å². The first kappa shape index (κ1) is 28.0. The molecule has 0 fully saturated rings. The van der Waals surface area contributed by atoms with Gasteiger partial charge in [0.15, 0.2) is 0 Å². The van der Waals surface area contributed by atoms with Crippen molar-refractivity contribution in [3.63, 3.8) is 0 Å². The van der Waals surface area contributed by atoms with Crippen LogP contribution >= 0.6 is 0 Å². The number of benzene rings is 4. The van der Waals surface area contributed by atoms with Gasteiger partial charge >= 0.3 is 0 Å². The molecule has 4 aromatic carbocycles. The number of ether oxygens (including phenoxy) is 1. The van der Waals surface area contributed by atoms with Gasteiger partial charge in [0.25, 0.3) is 0 Å². The molecule has 44 heavy (non-hydrogen) atoms. The summed E-state index contributed by atoms with van der Waals surface area (Å²) in [6, 6.07) is 34.5. The number of fused-ring (bicyclic) bond motifs is 4. The lowest BCUT2D eigenvalue weighted by Crippen LogP contribution is -2.23. The van der Waals surface area contributed by atoms with Crippen molar-refractivity contribution in [2.45, 2.75) is 52.4 Å². The average molecular weight is 581 g/mol. The smallest absolute Gasteiger partial charge is 0.137 e. The van der Waals surface area contributed by atoms with Crippen LogP contribution in [0.15, 0.2) is 103 Å². The Balaban J connectivity index is 1.26. The fourth-order valence-corrected chi connectivity index (χ4v) is 6.23. The fraction of sp³-hybridized carbons (Fsp3) is 0.256. The predicted octanol–water partition coefficient (Wildman–Crippen LogP) is 10.1. The summed E-state index contributed by atoms with van der Waals surface area (Å²) in [5.74, 6) is 2.51. The lowest BCUT2D eigenvalue weighted by Gasteiger charge is -2.22. The standard InChI is InChI=1S/C39H40N4O/c1-38(2,3)26-15-18-34-36(21-26)41(7)25-42(34)28-11-10-12-29(23-28)44-30-16-17-32-31-13-8-9-14-33(31)43(35(32)24-30)37-22-27(19-20-40-37)39(4,5)6/h8-24H,25H2,1-7H3. The summed E-state index contributed by atoms with van der Waals surface area (Å²) in [6.45, 7) is 14.3. The minimum atomic E-state index is 0.0231. The quantitative estimate of drug-likeness (QED) is 0.208. The Labute approximate surface area is 260 Å². The summed E-state index contributed by atoms with van der Waals surface area (Å²) in [5.41, 5.74) is 8.51. The number of hydrogen-bond donors (Lipinski definition) is 0. The lowest BCUT2D eigenvalue weighted by atomic mass is 9.86. The van der Waals surface area contributed by atoms with Crippen LogP contribution in [0.5, 0.6) is 11.5 Å². The molecule has 2 aromatic heterocycles. The van der Waals surface area contributed by atoms with Crippen LogP contribution in [0.4, 0.5) is 17.1 Å². The normalized spacial score (nSPS) is 13.6. The molecule has 0 radical (unpaired) electrons. The number of anilines is 3. The van der Waals surface area contributed by atoms with E-state index in [4.69, 9.17) is 9.72 Å². The first-order chi connectivity index (χ1) is 21.0. The Morgan fingerprint density at radius 1 is 0.636 bits per heavy atom. The van der Waals surface area contributed by atoms with Gasteiger partial charge in [0.1, 0.15) is 17.3 Å². The zero-order valence-corrected chi connectivity index (χ0v) is 26.7. The van der Waals surface area contributed by atoms with Gasteiger partial charge in [0.05, 0.1) is 29.1 Å². The number of aromatic nitrogens is 2. The molecule has 0 amide bonds. The summed E-state index contributed by atoms with van der Waals surface area (Å²) in [7, 11) is 2.16. The van der Waals surface area contributed by atoms with Gasteiger partial charge in [-0.3, -0.25) is 4.57 Å². The summed E-state index contributed by atoms with van der Waals surface area (Å²) in [5, 5.41) is 2.38. The Bertz CT molecular complexity index is 2020. The van der Waals surface area contributed by atoms with Crippen LogP contribution in [0.25, 0.3) is 27.6 Å². The van der Waals surface area contributed by atoms with Gasteiger partial charge in [-0.25, -0.2) is 4.98 Å². The summed E-state index contributed by atoms with van der Waals surface area (Å²) in [6.07, 6.45) is 1.92. The zero-order valence-electron chi connectivity index (χ0n) is 26.7. The van der Waals surface area contributed by atoms with Gasteiger partial charge in [-0.05, 0) is 76.6 Å². The van der Waals surface area contributed by atoms with Crippen molar-refractivity contribution < 1.29 is 4.74 Å². The van der Waals surface area contributed by atoms with E-state index in [1.54, 1.807) is 0 Å². The maximum Gasteiger partial charge on any atom is 0.137 e. The lowest BCUT2D eigenvalue weighted by molar-refractivity contribution is 0.483. The number of rotatable bonds is 4. The molecule has 7 rings (SSSR count). The van der Waals surface area contributed by atoms with Crippen LogP contribution in [0.3, 0.4) is 0 Å². The van der Waals surface area contributed by atoms with Crippen molar-refractivity contribution in [1.82, 2.24) is 9.55 Å². The SMILES string of the molecule is CN1CN(c2cccc(Oc3ccc4c5ccccc5n(-c5cc(C(C)(C)C)ccn5)c4c3)c2)c2ccc(C(C)(C)C)cc21. The van der Waals surface area contributed by atoms with Crippen LogP contribution in [0, 0.1) is 0 Å². The molecular weight excluding hydrogens is 540 g/mol. The summed E-state index contributed by atoms with van der Waals surface area (Å²) >= 11 is 0. The van der Waals surface area contributed by atoms with E-state index in [9.17, 15) is 0 Å². The fourth-order valence-electron chi connectivity index (χ4n) is 6.23. The molecule has 0 saturated carbocycles. The van der Waals surface area contributed by atoms with E-state index in [1.165, 1.54) is 33.3 Å². The highest BCUT2D eigenvalue weighted by Gasteiger charge is 2.27. The first-order valence-corrected chi connectivity index (χ1v) is 15.4. The Kier molecular flexibility index (Phi) is 6.47. The molecule has 1 aliphatic heterocycles. The average Bonchev–Trinajstić information content (AvgIpc) is 3.50. The molecule has 0 saturated heterocycles. The summed E-state index contributed by atoms with van der Waals surface area (Å²) in [4.78, 5) is 9.48. The first-order valence-electron chi connectivity index (χ1n) is 15.4. The van der Waals surface area contributed by atoms with E-state index in [-0.39, 0.29) is 10.8 Å². The predicted molar refractivity (Wildman–Crippen MR) is 184 cm³/mol. The highest BCUT2D eigenvalue weighted by molar-refractivity contribution is 6.09. The van der Waals surface area contributed by atoms with Crippen LogP contribution in [-0.4, -0.2) is 23.3 Å². The van der Waals surface area contributed by atoms with Gasteiger partial charge in [-0.1, -0.05) is 71.9 Å². The topological polar surface area (TPSA) is 33.5 Å². The molecule has 0 spiro atoms. The third-order valence-electron chi connectivity index (χ3n) is 8.75. The van der Waals surface area contributed by atoms with E-state index in [1.807, 2.05) is 12.3 Å². The third-order valence-corrected chi connectivity index (χ3v) is 8.75. The van der Waals surface area contributed by atoms with Gasteiger partial charge < -0.3 is 14.5 Å². The van der Waals surface area contributed by atoms with Gasteiger partial charge in [-0.2, -0.15) is 0 Å². The molecule has 0 unspecified atom stereocenters. The van der Waals surface area contributed by atoms with Crippen LogP contribution < -0.4 is 14.5 Å². The van der Waals surface area contributed by atoms with E-state index < -0.39 is 0 Å². The monoisotopic (exact) mass is 580 g/mol. The summed E-state index contributed by atoms with van der Waals surface area (Å²) < 4.78 is 8.81. The number of pyridine rings is 1. The second-order valence-electron chi connectivity index (χ2n) is 14.0. The highest BCUT2D eigenvalue weighted by atomic mass is 16.5. The van der Waals surface area contributed by atoms with E-state index >= 15 is 0 Å². The van der Waals surface area contributed by atoms with Crippen LogP contribution in [-0.2, 0) is 10.8 Å². The van der Waals surface area contributed by atoms with Crippen molar-refractivity contribution in [2.24, 2.45) is 0 Å². The molecular formula is C39H40N4O. The van der Waals surface area contributed by atoms with E-state index in [0.717, 1.165) is 40.7 Å². The van der Waals surface area contributed by atoms with Crippen molar-refractivity contribution in [3.8, 4) is 17.3 Å². The number of hydrogen-bond acceptors (Lipinski definition) is 4. The minimum absolute atomic E-state index is 0.0231. The second-order valence-corrected chi connectivity index (χ2v) is 14.0. The largest absolute Gasteiger partial charge is 0.457 e. The molecule has 0 atom stereocenters. The highest BCUT2D eigenvalue weighted by Crippen LogP contribution is 2.43. The van der Waals surface area contributed by atoms with Gasteiger partial charge in [-0.15, -0.1) is 0 Å². The molecule has 0 aliphatic carbocycles. The Hall–Kier alpha value is -4.77. The van der Waals surface area contributed by atoms with E-state index in [0.29, 0.717) is 0 Å². The van der Waals surface area contributed by atoms with Crippen molar-refractivity contribution >= 4 is 38.9 Å². The molecule has 5 heteroatoms.